The Hall–Kier alpha value is -2.05. The van der Waals surface area contributed by atoms with Gasteiger partial charge in [-0.3, -0.25) is 4.79 Å². The molecule has 0 bridgehead atoms. The molecule has 172 valence electrons. The first-order chi connectivity index (χ1) is 14.9. The zero-order chi connectivity index (χ0) is 22.4. The highest BCUT2D eigenvalue weighted by atomic mass is 19.2. The van der Waals surface area contributed by atoms with Crippen LogP contribution in [0.15, 0.2) is 24.0 Å². The molecule has 0 radical (unpaired) electrons. The molecule has 3 nitrogen and oxygen atoms in total. The van der Waals surface area contributed by atoms with E-state index in [1.165, 1.54) is 18.2 Å². The Morgan fingerprint density at radius 3 is 2.10 bits per heavy atom. The van der Waals surface area contributed by atoms with Gasteiger partial charge in [-0.05, 0) is 94.3 Å². The Morgan fingerprint density at radius 2 is 1.52 bits per heavy atom. The quantitative estimate of drug-likeness (QED) is 0.268. The van der Waals surface area contributed by atoms with Gasteiger partial charge in [-0.1, -0.05) is 0 Å². The van der Waals surface area contributed by atoms with Crippen LogP contribution in [-0.4, -0.2) is 19.3 Å². The molecular weight excluding hydrogens is 412 g/mol. The number of hydrogen-bond donors (Lipinski definition) is 0. The lowest BCUT2D eigenvalue weighted by Crippen LogP contribution is -2.30. The van der Waals surface area contributed by atoms with Gasteiger partial charge in [0.05, 0.1) is 12.5 Å². The molecule has 0 amide bonds. The second-order valence-corrected chi connectivity index (χ2v) is 8.58. The molecule has 2 aliphatic carbocycles. The molecule has 2 aliphatic rings. The number of alkyl halides is 1. The fourth-order valence-electron chi connectivity index (χ4n) is 4.96. The molecule has 0 atom stereocenters. The zero-order valence-corrected chi connectivity index (χ0v) is 17.8. The molecule has 1 aromatic carbocycles. The number of hydrogen-bond acceptors (Lipinski definition) is 3. The van der Waals surface area contributed by atoms with Gasteiger partial charge in [0.15, 0.2) is 11.5 Å². The molecule has 0 spiro atoms. The van der Waals surface area contributed by atoms with Gasteiger partial charge in [-0.2, -0.15) is 8.78 Å². The van der Waals surface area contributed by atoms with Crippen LogP contribution in [0.25, 0.3) is 0 Å². The predicted molar refractivity (Wildman–Crippen MR) is 109 cm³/mol. The van der Waals surface area contributed by atoms with E-state index in [1.807, 2.05) is 0 Å². The van der Waals surface area contributed by atoms with Crippen LogP contribution >= 0.6 is 0 Å². The average molecular weight is 442 g/mol. The number of halogens is 4. The van der Waals surface area contributed by atoms with E-state index in [2.05, 4.69) is 0 Å². The zero-order valence-electron chi connectivity index (χ0n) is 17.8. The summed E-state index contributed by atoms with van der Waals surface area (Å²) in [4.78, 5) is 12.5. The van der Waals surface area contributed by atoms with Crippen molar-refractivity contribution >= 4 is 5.97 Å². The normalized spacial score (nSPS) is 27.1. The van der Waals surface area contributed by atoms with Gasteiger partial charge in [-0.15, -0.1) is 0 Å². The maximum Gasteiger partial charge on any atom is 0.314 e. The summed E-state index contributed by atoms with van der Waals surface area (Å²) >= 11 is 0. The number of rotatable bonds is 7. The third-order valence-corrected chi connectivity index (χ3v) is 6.65. The van der Waals surface area contributed by atoms with Gasteiger partial charge in [0.2, 0.25) is 11.6 Å². The van der Waals surface area contributed by atoms with Crippen LogP contribution in [-0.2, 0) is 4.79 Å². The first-order valence-electron chi connectivity index (χ1n) is 11.2. The molecular formula is C24H30F4O3. The minimum absolute atomic E-state index is 0.114. The fraction of sp³-hybridized carbons (Fsp3) is 0.625. The Morgan fingerprint density at radius 1 is 0.968 bits per heavy atom. The molecule has 0 heterocycles. The van der Waals surface area contributed by atoms with Gasteiger partial charge in [0.1, 0.15) is 12.5 Å². The Labute approximate surface area is 180 Å². The summed E-state index contributed by atoms with van der Waals surface area (Å²) < 4.78 is 63.8. The summed E-state index contributed by atoms with van der Waals surface area (Å²) in [7, 11) is 0. The molecule has 1 aromatic rings. The maximum absolute atomic E-state index is 14.2. The third-order valence-electron chi connectivity index (χ3n) is 6.65. The standard InChI is InChI=1S/C24H30F4O3/c1-2-30-20-11-12-21(23(28)22(20)27)31-24(29)18-9-7-17(8-10-18)16-5-3-15(4-6-16)13-19(26)14-25/h11-13,15-18H,2-10,14H2,1H3/b19-13-. The van der Waals surface area contributed by atoms with Crippen molar-refractivity contribution in [3.05, 3.63) is 35.7 Å². The minimum Gasteiger partial charge on any atom is -0.491 e. The Bertz CT molecular complexity index is 779. The number of carbonyl (C=O) groups excluding carboxylic acids is 1. The van der Waals surface area contributed by atoms with Crippen molar-refractivity contribution < 1.29 is 31.8 Å². The predicted octanol–water partition coefficient (Wildman–Crippen LogP) is 6.70. The SMILES string of the molecule is CCOc1ccc(OC(=O)C2CCC(C3CCC(/C=C(\F)CF)CC3)CC2)c(F)c1F. The van der Waals surface area contributed by atoms with Crippen LogP contribution < -0.4 is 9.47 Å². The van der Waals surface area contributed by atoms with Crippen molar-refractivity contribution in [3.8, 4) is 11.5 Å². The van der Waals surface area contributed by atoms with Gasteiger partial charge < -0.3 is 9.47 Å². The first kappa shape index (κ1) is 23.6. The van der Waals surface area contributed by atoms with E-state index >= 15 is 0 Å². The van der Waals surface area contributed by atoms with E-state index in [4.69, 9.17) is 9.47 Å². The van der Waals surface area contributed by atoms with Crippen LogP contribution in [0.3, 0.4) is 0 Å². The number of benzene rings is 1. The summed E-state index contributed by atoms with van der Waals surface area (Å²) in [6, 6.07) is 2.47. The number of esters is 1. The summed E-state index contributed by atoms with van der Waals surface area (Å²) in [6.45, 7) is 0.829. The maximum atomic E-state index is 14.2. The summed E-state index contributed by atoms with van der Waals surface area (Å²) in [6.07, 6.45) is 8.18. The molecule has 7 heteroatoms. The van der Waals surface area contributed by atoms with Crippen LogP contribution in [0.2, 0.25) is 0 Å². The second kappa shape index (κ2) is 11.0. The molecule has 0 aliphatic heterocycles. The van der Waals surface area contributed by atoms with Crippen LogP contribution in [0.4, 0.5) is 17.6 Å². The third kappa shape index (κ3) is 6.01. The van der Waals surface area contributed by atoms with Crippen molar-refractivity contribution in [2.24, 2.45) is 23.7 Å². The van der Waals surface area contributed by atoms with Crippen LogP contribution in [0.1, 0.15) is 58.3 Å². The monoisotopic (exact) mass is 442 g/mol. The van der Waals surface area contributed by atoms with Crippen molar-refractivity contribution in [3.63, 3.8) is 0 Å². The summed E-state index contributed by atoms with van der Waals surface area (Å²) in [5.74, 6) is -3.39. The van der Waals surface area contributed by atoms with Gasteiger partial charge in [-0.25, -0.2) is 8.78 Å². The highest BCUT2D eigenvalue weighted by Crippen LogP contribution is 2.42. The van der Waals surface area contributed by atoms with Crippen molar-refractivity contribution in [1.82, 2.24) is 0 Å². The van der Waals surface area contributed by atoms with Crippen molar-refractivity contribution in [2.75, 3.05) is 13.3 Å². The number of ether oxygens (including phenoxy) is 2. The first-order valence-corrected chi connectivity index (χ1v) is 11.2. The van der Waals surface area contributed by atoms with Gasteiger partial charge >= 0.3 is 5.97 Å². The molecule has 2 saturated carbocycles. The number of carbonyl (C=O) groups is 1. The molecule has 0 N–H and O–H groups in total. The van der Waals surface area contributed by atoms with Gasteiger partial charge in [0, 0.05) is 0 Å². The lowest BCUT2D eigenvalue weighted by Gasteiger charge is -2.36. The van der Waals surface area contributed by atoms with Crippen molar-refractivity contribution in [1.29, 1.82) is 0 Å². The Balaban J connectivity index is 1.48. The highest BCUT2D eigenvalue weighted by molar-refractivity contribution is 5.75. The van der Waals surface area contributed by atoms with E-state index in [0.29, 0.717) is 24.7 Å². The average Bonchev–Trinajstić information content (AvgIpc) is 2.79. The van der Waals surface area contributed by atoms with E-state index in [9.17, 15) is 22.4 Å². The van der Waals surface area contributed by atoms with E-state index in [-0.39, 0.29) is 24.2 Å². The lowest BCUT2D eigenvalue weighted by atomic mass is 9.69. The van der Waals surface area contributed by atoms with E-state index < -0.39 is 35.9 Å². The molecule has 3 rings (SSSR count). The summed E-state index contributed by atoms with van der Waals surface area (Å²) in [5.41, 5.74) is 0. The summed E-state index contributed by atoms with van der Waals surface area (Å²) in [5, 5.41) is 0. The largest absolute Gasteiger partial charge is 0.491 e. The smallest absolute Gasteiger partial charge is 0.314 e. The van der Waals surface area contributed by atoms with Crippen LogP contribution in [0.5, 0.6) is 11.5 Å². The van der Waals surface area contributed by atoms with E-state index in [0.717, 1.165) is 38.5 Å². The molecule has 2 fully saturated rings. The van der Waals surface area contributed by atoms with E-state index in [1.54, 1.807) is 6.92 Å². The molecule has 0 unspecified atom stereocenters. The van der Waals surface area contributed by atoms with Gasteiger partial charge in [0.25, 0.3) is 0 Å². The molecule has 0 saturated heterocycles. The van der Waals surface area contributed by atoms with Crippen molar-refractivity contribution in [2.45, 2.75) is 58.3 Å². The second-order valence-electron chi connectivity index (χ2n) is 8.58. The minimum atomic E-state index is -1.22. The van der Waals surface area contributed by atoms with Crippen LogP contribution in [0, 0.1) is 35.3 Å². The Kier molecular flexibility index (Phi) is 8.38. The fourth-order valence-corrected chi connectivity index (χ4v) is 4.96. The highest BCUT2D eigenvalue weighted by Gasteiger charge is 2.34. The molecule has 0 aromatic heterocycles. The number of allylic oxidation sites excluding steroid dienone is 2. The molecule has 31 heavy (non-hydrogen) atoms. The lowest BCUT2D eigenvalue weighted by molar-refractivity contribution is -0.140. The topological polar surface area (TPSA) is 35.5 Å².